The van der Waals surface area contributed by atoms with Gasteiger partial charge >= 0.3 is 12.1 Å². The summed E-state index contributed by atoms with van der Waals surface area (Å²) in [6, 6.07) is 17.3. The first-order chi connectivity index (χ1) is 16.1. The molecular weight excluding hydrogens is 479 g/mol. The molecule has 34 heavy (non-hydrogen) atoms. The van der Waals surface area contributed by atoms with Crippen molar-refractivity contribution in [1.82, 2.24) is 4.98 Å². The predicted octanol–water partition coefficient (Wildman–Crippen LogP) is 8.16. The topological polar surface area (TPSA) is 50.2 Å². The van der Waals surface area contributed by atoms with E-state index in [9.17, 15) is 18.0 Å². The minimum Gasteiger partial charge on any atom is -0.481 e. The van der Waals surface area contributed by atoms with Crippen LogP contribution in [0.2, 0.25) is 0 Å². The Morgan fingerprint density at radius 3 is 2.47 bits per heavy atom. The van der Waals surface area contributed by atoms with Crippen molar-refractivity contribution in [1.29, 1.82) is 0 Å². The number of thiazole rings is 1. The molecule has 176 valence electrons. The Balaban J connectivity index is 1.50. The number of aliphatic carboxylic acids is 1. The molecule has 3 aromatic carbocycles. The average molecular weight is 502 g/mol. The SMILES string of the molecule is Cc1cc(SC(C)c2ccc3nc(-c4ccc(C(F)(F)F)cc4)sc3c2)ccc1CCC(=O)O. The molecule has 0 aliphatic heterocycles. The molecule has 0 fully saturated rings. The first-order valence-electron chi connectivity index (χ1n) is 10.7. The van der Waals surface area contributed by atoms with Gasteiger partial charge in [-0.2, -0.15) is 13.2 Å². The van der Waals surface area contributed by atoms with Crippen molar-refractivity contribution in [3.63, 3.8) is 0 Å². The molecule has 1 heterocycles. The van der Waals surface area contributed by atoms with Gasteiger partial charge in [0.2, 0.25) is 0 Å². The van der Waals surface area contributed by atoms with Gasteiger partial charge in [0.1, 0.15) is 5.01 Å². The third-order valence-corrected chi connectivity index (χ3v) is 7.80. The number of carbonyl (C=O) groups is 1. The zero-order chi connectivity index (χ0) is 24.5. The minimum atomic E-state index is -4.35. The summed E-state index contributed by atoms with van der Waals surface area (Å²) in [5, 5.41) is 9.76. The molecule has 1 aromatic heterocycles. The van der Waals surface area contributed by atoms with Gasteiger partial charge in [-0.15, -0.1) is 23.1 Å². The van der Waals surface area contributed by atoms with E-state index >= 15 is 0 Å². The van der Waals surface area contributed by atoms with E-state index in [4.69, 9.17) is 5.11 Å². The van der Waals surface area contributed by atoms with Gasteiger partial charge in [-0.25, -0.2) is 4.98 Å². The summed E-state index contributed by atoms with van der Waals surface area (Å²) < 4.78 is 39.5. The van der Waals surface area contributed by atoms with Crippen LogP contribution in [0, 0.1) is 6.92 Å². The van der Waals surface area contributed by atoms with Crippen LogP contribution in [0.15, 0.2) is 65.6 Å². The highest BCUT2D eigenvalue weighted by Crippen LogP contribution is 2.39. The molecular formula is C26H22F3NO2S2. The van der Waals surface area contributed by atoms with Crippen molar-refractivity contribution < 1.29 is 23.1 Å². The van der Waals surface area contributed by atoms with Crippen LogP contribution >= 0.6 is 23.1 Å². The van der Waals surface area contributed by atoms with Crippen LogP contribution in [0.25, 0.3) is 20.8 Å². The maximum absolute atomic E-state index is 12.8. The van der Waals surface area contributed by atoms with E-state index in [1.165, 1.54) is 23.5 Å². The lowest BCUT2D eigenvalue weighted by atomic mass is 10.0. The average Bonchev–Trinajstić information content (AvgIpc) is 3.21. The number of aromatic nitrogens is 1. The van der Waals surface area contributed by atoms with E-state index in [1.54, 1.807) is 11.8 Å². The molecule has 3 nitrogen and oxygen atoms in total. The molecule has 4 rings (SSSR count). The van der Waals surface area contributed by atoms with Gasteiger partial charge < -0.3 is 5.11 Å². The Bertz CT molecular complexity index is 1330. The maximum atomic E-state index is 12.8. The number of thioether (sulfide) groups is 1. The number of aryl methyl sites for hydroxylation is 2. The van der Waals surface area contributed by atoms with Crippen molar-refractivity contribution in [2.45, 2.75) is 43.0 Å². The molecule has 0 saturated heterocycles. The predicted molar refractivity (Wildman–Crippen MR) is 131 cm³/mol. The summed E-state index contributed by atoms with van der Waals surface area (Å²) >= 11 is 3.19. The van der Waals surface area contributed by atoms with Crippen LogP contribution in [0.1, 0.15) is 40.8 Å². The van der Waals surface area contributed by atoms with E-state index < -0.39 is 17.7 Å². The Labute approximate surface area is 203 Å². The smallest absolute Gasteiger partial charge is 0.416 e. The molecule has 0 amide bonds. The number of nitrogens with zero attached hydrogens (tertiary/aromatic N) is 1. The molecule has 0 aliphatic carbocycles. The number of halogens is 3. The summed E-state index contributed by atoms with van der Waals surface area (Å²) in [5.74, 6) is -0.800. The summed E-state index contributed by atoms with van der Waals surface area (Å²) in [6.07, 6.45) is -3.72. The molecule has 4 aromatic rings. The van der Waals surface area contributed by atoms with Crippen LogP contribution in [0.4, 0.5) is 13.2 Å². The Kier molecular flexibility index (Phi) is 7.00. The fourth-order valence-electron chi connectivity index (χ4n) is 3.66. The lowest BCUT2D eigenvalue weighted by Crippen LogP contribution is -2.03. The summed E-state index contributed by atoms with van der Waals surface area (Å²) in [4.78, 5) is 16.5. The molecule has 1 N–H and O–H groups in total. The second kappa shape index (κ2) is 9.80. The molecule has 0 spiro atoms. The van der Waals surface area contributed by atoms with E-state index in [-0.39, 0.29) is 11.7 Å². The summed E-state index contributed by atoms with van der Waals surface area (Å²) in [7, 11) is 0. The quantitative estimate of drug-likeness (QED) is 0.260. The van der Waals surface area contributed by atoms with E-state index in [1.807, 2.05) is 31.2 Å². The van der Waals surface area contributed by atoms with Crippen molar-refractivity contribution in [2.75, 3.05) is 0 Å². The van der Waals surface area contributed by atoms with Crippen LogP contribution < -0.4 is 0 Å². The van der Waals surface area contributed by atoms with Crippen molar-refractivity contribution in [2.24, 2.45) is 0 Å². The largest absolute Gasteiger partial charge is 0.481 e. The highest BCUT2D eigenvalue weighted by atomic mass is 32.2. The molecule has 8 heteroatoms. The Morgan fingerprint density at radius 2 is 1.82 bits per heavy atom. The normalized spacial score (nSPS) is 12.7. The summed E-state index contributed by atoms with van der Waals surface area (Å²) in [6.45, 7) is 4.12. The lowest BCUT2D eigenvalue weighted by Gasteiger charge is -2.13. The molecule has 0 aliphatic rings. The highest BCUT2D eigenvalue weighted by molar-refractivity contribution is 7.99. The van der Waals surface area contributed by atoms with Crippen molar-refractivity contribution in [3.05, 3.63) is 82.9 Å². The maximum Gasteiger partial charge on any atom is 0.416 e. The van der Waals surface area contributed by atoms with Crippen molar-refractivity contribution in [3.8, 4) is 10.6 Å². The fraction of sp³-hybridized carbons (Fsp3) is 0.231. The second-order valence-electron chi connectivity index (χ2n) is 8.06. The van der Waals surface area contributed by atoms with E-state index in [2.05, 4.69) is 24.0 Å². The van der Waals surface area contributed by atoms with Gasteiger partial charge in [0, 0.05) is 22.1 Å². The van der Waals surface area contributed by atoms with Gasteiger partial charge in [0.25, 0.3) is 0 Å². The van der Waals surface area contributed by atoms with Crippen LogP contribution in [0.3, 0.4) is 0 Å². The number of carboxylic acids is 1. The van der Waals surface area contributed by atoms with Crippen LogP contribution in [0.5, 0.6) is 0 Å². The fourth-order valence-corrected chi connectivity index (χ4v) is 5.76. The number of alkyl halides is 3. The molecule has 1 atom stereocenters. The molecule has 1 unspecified atom stereocenters. The van der Waals surface area contributed by atoms with E-state index in [0.29, 0.717) is 17.0 Å². The number of hydrogen-bond donors (Lipinski definition) is 1. The number of benzene rings is 3. The van der Waals surface area contributed by atoms with Gasteiger partial charge in [0.15, 0.2) is 0 Å². The van der Waals surface area contributed by atoms with Crippen LogP contribution in [-0.4, -0.2) is 16.1 Å². The van der Waals surface area contributed by atoms with Crippen molar-refractivity contribution >= 4 is 39.3 Å². The third-order valence-electron chi connectivity index (χ3n) is 5.58. The monoisotopic (exact) mass is 501 g/mol. The third kappa shape index (κ3) is 5.62. The second-order valence-corrected chi connectivity index (χ2v) is 10.5. The number of carboxylic acid groups (broad SMARTS) is 1. The lowest BCUT2D eigenvalue weighted by molar-refractivity contribution is -0.138. The molecule has 0 saturated carbocycles. The summed E-state index contributed by atoms with van der Waals surface area (Å²) in [5.41, 5.74) is 4.07. The highest BCUT2D eigenvalue weighted by Gasteiger charge is 2.30. The first kappa shape index (κ1) is 24.3. The number of hydrogen-bond acceptors (Lipinski definition) is 4. The molecule has 0 radical (unpaired) electrons. The Morgan fingerprint density at radius 1 is 1.09 bits per heavy atom. The van der Waals surface area contributed by atoms with Gasteiger partial charge in [-0.1, -0.05) is 24.3 Å². The first-order valence-corrected chi connectivity index (χ1v) is 12.4. The minimum absolute atomic E-state index is 0.118. The standard InChI is InChI=1S/C26H22F3NO2S2/c1-15-13-21(10-5-17(15)7-12-24(31)32)33-16(2)19-6-11-22-23(14-19)34-25(30-22)18-3-8-20(9-4-18)26(27,28)29/h3-6,8-11,13-14,16H,7,12H2,1-2H3,(H,31,32). The number of rotatable bonds is 7. The van der Waals surface area contributed by atoms with E-state index in [0.717, 1.165) is 43.9 Å². The zero-order valence-corrected chi connectivity index (χ0v) is 20.2. The van der Waals surface area contributed by atoms with Gasteiger partial charge in [0.05, 0.1) is 15.8 Å². The zero-order valence-electron chi connectivity index (χ0n) is 18.5. The number of fused-ring (bicyclic) bond motifs is 1. The Hall–Kier alpha value is -2.84. The molecule has 0 bridgehead atoms. The van der Waals surface area contributed by atoms with Gasteiger partial charge in [-0.05, 0) is 73.4 Å². The van der Waals surface area contributed by atoms with Gasteiger partial charge in [-0.3, -0.25) is 4.79 Å². The van der Waals surface area contributed by atoms with Crippen LogP contribution in [-0.2, 0) is 17.4 Å².